The minimum absolute atomic E-state index is 0.599. The maximum Gasteiger partial charge on any atom is 0.0467 e. The van der Waals surface area contributed by atoms with Crippen molar-refractivity contribution in [3.8, 4) is 0 Å². The lowest BCUT2D eigenvalue weighted by molar-refractivity contribution is 0.600. The third-order valence-corrected chi connectivity index (χ3v) is 4.11. The van der Waals surface area contributed by atoms with E-state index in [-0.39, 0.29) is 0 Å². The number of unbranched alkanes of at least 4 members (excludes halogenated alkanes) is 2. The van der Waals surface area contributed by atoms with E-state index in [1.54, 1.807) is 12.1 Å². The molecule has 1 nitrogen and oxygen atoms in total. The lowest BCUT2D eigenvalue weighted by atomic mass is 10.1. The van der Waals surface area contributed by atoms with Crippen LogP contribution >= 0.6 is 34.8 Å². The Kier molecular flexibility index (Phi) is 5.62. The molecule has 0 atom stereocenters. The summed E-state index contributed by atoms with van der Waals surface area (Å²) in [6, 6.07) is 4.34. The fourth-order valence-corrected chi connectivity index (χ4v) is 3.01. The summed E-state index contributed by atoms with van der Waals surface area (Å²) in [6.07, 6.45) is 7.19. The van der Waals surface area contributed by atoms with Crippen molar-refractivity contribution in [3.63, 3.8) is 0 Å². The second-order valence-electron chi connectivity index (χ2n) is 4.89. The lowest BCUT2D eigenvalue weighted by Gasteiger charge is -2.08. The zero-order valence-electron chi connectivity index (χ0n) is 10.3. The van der Waals surface area contributed by atoms with Crippen LogP contribution in [0.1, 0.15) is 37.7 Å². The van der Waals surface area contributed by atoms with E-state index in [0.717, 1.165) is 31.0 Å². The highest BCUT2D eigenvalue weighted by Gasteiger charge is 2.19. The molecule has 1 saturated carbocycles. The molecule has 0 unspecified atom stereocenters. The van der Waals surface area contributed by atoms with Crippen molar-refractivity contribution in [2.45, 2.75) is 44.6 Å². The van der Waals surface area contributed by atoms with E-state index in [1.807, 2.05) is 0 Å². The van der Waals surface area contributed by atoms with Gasteiger partial charge in [-0.2, -0.15) is 0 Å². The van der Waals surface area contributed by atoms with Crippen LogP contribution in [0.2, 0.25) is 15.1 Å². The summed E-state index contributed by atoms with van der Waals surface area (Å²) < 4.78 is 0. The van der Waals surface area contributed by atoms with Gasteiger partial charge in [-0.1, -0.05) is 41.2 Å². The van der Waals surface area contributed by atoms with Gasteiger partial charge in [-0.15, -0.1) is 0 Å². The first kappa shape index (κ1) is 14.5. The molecule has 1 aliphatic rings. The number of hydrogen-bond acceptors (Lipinski definition) is 1. The van der Waals surface area contributed by atoms with Gasteiger partial charge in [-0.05, 0) is 56.3 Å². The molecule has 1 fully saturated rings. The highest BCUT2D eigenvalue weighted by molar-refractivity contribution is 6.39. The number of rotatable bonds is 7. The molecule has 0 aromatic heterocycles. The minimum atomic E-state index is 0.599. The van der Waals surface area contributed by atoms with Gasteiger partial charge in [0.15, 0.2) is 0 Å². The van der Waals surface area contributed by atoms with E-state index in [4.69, 9.17) is 34.8 Å². The van der Waals surface area contributed by atoms with Gasteiger partial charge in [-0.25, -0.2) is 0 Å². The monoisotopic (exact) mass is 305 g/mol. The Labute approximate surface area is 124 Å². The summed E-state index contributed by atoms with van der Waals surface area (Å²) in [4.78, 5) is 0. The highest BCUT2D eigenvalue weighted by Crippen LogP contribution is 2.30. The zero-order valence-corrected chi connectivity index (χ0v) is 12.6. The van der Waals surface area contributed by atoms with Gasteiger partial charge in [0.2, 0.25) is 0 Å². The third-order valence-electron chi connectivity index (χ3n) is 3.22. The molecule has 0 aliphatic heterocycles. The van der Waals surface area contributed by atoms with Gasteiger partial charge in [0.25, 0.3) is 0 Å². The van der Waals surface area contributed by atoms with Crippen molar-refractivity contribution in [1.82, 2.24) is 5.32 Å². The molecule has 0 radical (unpaired) electrons. The van der Waals surface area contributed by atoms with Crippen LogP contribution in [-0.2, 0) is 6.42 Å². The predicted octanol–water partition coefficient (Wildman–Crippen LogP) is 5.11. The third kappa shape index (κ3) is 4.62. The first-order chi connectivity index (χ1) is 8.66. The Morgan fingerprint density at radius 2 is 1.67 bits per heavy atom. The maximum atomic E-state index is 6.14. The Morgan fingerprint density at radius 3 is 2.28 bits per heavy atom. The molecule has 18 heavy (non-hydrogen) atoms. The number of hydrogen-bond donors (Lipinski definition) is 1. The van der Waals surface area contributed by atoms with Crippen molar-refractivity contribution in [2.24, 2.45) is 0 Å². The molecule has 0 amide bonds. The standard InChI is InChI=1S/C14H18Cl3N/c15-10-8-13(16)12(14(17)9-10)4-2-1-3-7-18-11-5-6-11/h8-9,11,18H,1-7H2. The van der Waals surface area contributed by atoms with Crippen molar-refractivity contribution < 1.29 is 0 Å². The first-order valence-electron chi connectivity index (χ1n) is 6.53. The molecule has 1 aromatic carbocycles. The molecule has 1 aromatic rings. The van der Waals surface area contributed by atoms with Crippen LogP contribution in [0.25, 0.3) is 0 Å². The topological polar surface area (TPSA) is 12.0 Å². The summed E-state index contributed by atoms with van der Waals surface area (Å²) in [5.74, 6) is 0. The second kappa shape index (κ2) is 7.00. The van der Waals surface area contributed by atoms with Gasteiger partial charge >= 0.3 is 0 Å². The molecule has 1 aliphatic carbocycles. The van der Waals surface area contributed by atoms with E-state index >= 15 is 0 Å². The Balaban J connectivity index is 1.68. The largest absolute Gasteiger partial charge is 0.314 e. The highest BCUT2D eigenvalue weighted by atomic mass is 35.5. The second-order valence-corrected chi connectivity index (χ2v) is 6.14. The normalized spacial score (nSPS) is 15.1. The van der Waals surface area contributed by atoms with Crippen LogP contribution < -0.4 is 5.32 Å². The molecular formula is C14H18Cl3N. The zero-order chi connectivity index (χ0) is 13.0. The van der Waals surface area contributed by atoms with Gasteiger partial charge in [0, 0.05) is 21.1 Å². The maximum absolute atomic E-state index is 6.14. The quantitative estimate of drug-likeness (QED) is 0.690. The summed E-state index contributed by atoms with van der Waals surface area (Å²) >= 11 is 18.2. The van der Waals surface area contributed by atoms with Gasteiger partial charge in [0.1, 0.15) is 0 Å². The fraction of sp³-hybridized carbons (Fsp3) is 0.571. The molecule has 0 heterocycles. The van der Waals surface area contributed by atoms with Crippen LogP contribution in [0.15, 0.2) is 12.1 Å². The van der Waals surface area contributed by atoms with Crippen LogP contribution in [0.3, 0.4) is 0 Å². The van der Waals surface area contributed by atoms with Crippen LogP contribution in [0.5, 0.6) is 0 Å². The molecule has 1 N–H and O–H groups in total. The average Bonchev–Trinajstić information content (AvgIpc) is 3.09. The number of halogens is 3. The Morgan fingerprint density at radius 1 is 1.00 bits per heavy atom. The lowest BCUT2D eigenvalue weighted by Crippen LogP contribution is -2.17. The van der Waals surface area contributed by atoms with Crippen LogP contribution in [0, 0.1) is 0 Å². The minimum Gasteiger partial charge on any atom is -0.314 e. The molecule has 100 valence electrons. The Hall–Kier alpha value is 0.0500. The van der Waals surface area contributed by atoms with E-state index in [2.05, 4.69) is 5.32 Å². The van der Waals surface area contributed by atoms with Gasteiger partial charge in [0.05, 0.1) is 0 Å². The van der Waals surface area contributed by atoms with E-state index in [9.17, 15) is 0 Å². The van der Waals surface area contributed by atoms with Gasteiger partial charge in [-0.3, -0.25) is 0 Å². The SMILES string of the molecule is Clc1cc(Cl)c(CCCCCNC2CC2)c(Cl)c1. The summed E-state index contributed by atoms with van der Waals surface area (Å²) in [5.41, 5.74) is 1.03. The molecule has 0 saturated heterocycles. The van der Waals surface area contributed by atoms with Crippen molar-refractivity contribution in [2.75, 3.05) is 6.54 Å². The van der Waals surface area contributed by atoms with E-state index in [0.29, 0.717) is 15.1 Å². The number of nitrogens with one attached hydrogen (secondary N) is 1. The Bertz CT molecular complexity index is 379. The molecule has 4 heteroatoms. The molecule has 0 spiro atoms. The van der Waals surface area contributed by atoms with Crippen LogP contribution in [-0.4, -0.2) is 12.6 Å². The van der Waals surface area contributed by atoms with E-state index < -0.39 is 0 Å². The summed E-state index contributed by atoms with van der Waals surface area (Å²) in [7, 11) is 0. The molecule has 0 bridgehead atoms. The summed E-state index contributed by atoms with van der Waals surface area (Å²) in [5, 5.41) is 5.48. The average molecular weight is 307 g/mol. The van der Waals surface area contributed by atoms with Crippen molar-refractivity contribution in [3.05, 3.63) is 32.8 Å². The summed E-state index contributed by atoms with van der Waals surface area (Å²) in [6.45, 7) is 1.13. The molecular weight excluding hydrogens is 289 g/mol. The molecule has 2 rings (SSSR count). The fourth-order valence-electron chi connectivity index (χ4n) is 2.01. The predicted molar refractivity (Wildman–Crippen MR) is 80.1 cm³/mol. The van der Waals surface area contributed by atoms with Crippen molar-refractivity contribution >= 4 is 34.8 Å². The first-order valence-corrected chi connectivity index (χ1v) is 7.67. The van der Waals surface area contributed by atoms with Crippen molar-refractivity contribution in [1.29, 1.82) is 0 Å². The van der Waals surface area contributed by atoms with Crippen LogP contribution in [0.4, 0.5) is 0 Å². The number of benzene rings is 1. The smallest absolute Gasteiger partial charge is 0.0467 e. The van der Waals surface area contributed by atoms with Gasteiger partial charge < -0.3 is 5.32 Å². The van der Waals surface area contributed by atoms with E-state index in [1.165, 1.54) is 25.7 Å².